The molecule has 0 aliphatic carbocycles. The van der Waals surface area contributed by atoms with E-state index >= 15 is 0 Å². The minimum atomic E-state index is -0.544. The van der Waals surface area contributed by atoms with Gasteiger partial charge >= 0.3 is 6.09 Å². The summed E-state index contributed by atoms with van der Waals surface area (Å²) in [6.45, 7) is 10.0. The maximum absolute atomic E-state index is 12.2. The number of piperidine rings is 1. The number of aliphatic imine (C=N–C) groups is 1. The van der Waals surface area contributed by atoms with E-state index in [0.29, 0.717) is 18.4 Å². The molecule has 1 saturated heterocycles. The number of carbonyl (C=O) groups excluding carboxylic acids is 1. The van der Waals surface area contributed by atoms with Gasteiger partial charge in [0.25, 0.3) is 0 Å². The van der Waals surface area contributed by atoms with E-state index in [1.54, 1.807) is 0 Å². The Balaban J connectivity index is 2.06. The highest BCUT2D eigenvalue weighted by Crippen LogP contribution is 2.17. The lowest BCUT2D eigenvalue weighted by Crippen LogP contribution is -2.44. The number of nitrogens with zero attached hydrogens (tertiary/aromatic N) is 2. The average molecular weight is 361 g/mol. The van der Waals surface area contributed by atoms with Crippen molar-refractivity contribution >= 4 is 12.1 Å². The number of guanidine groups is 1. The van der Waals surface area contributed by atoms with E-state index in [9.17, 15) is 4.79 Å². The quantitative estimate of drug-likeness (QED) is 0.638. The van der Waals surface area contributed by atoms with Gasteiger partial charge in [-0.25, -0.2) is 4.79 Å². The molecule has 2 rings (SSSR count). The molecule has 0 spiro atoms. The van der Waals surface area contributed by atoms with E-state index in [1.165, 1.54) is 6.42 Å². The van der Waals surface area contributed by atoms with Crippen LogP contribution in [0.15, 0.2) is 35.3 Å². The number of nitrogens with one attached hydrogen (secondary N) is 1. The third-order valence-electron chi connectivity index (χ3n) is 4.31. The molecule has 0 radical (unpaired) electrons. The van der Waals surface area contributed by atoms with Crippen LogP contribution in [-0.4, -0.2) is 42.2 Å². The van der Waals surface area contributed by atoms with Crippen LogP contribution in [0.1, 0.15) is 52.1 Å². The zero-order chi connectivity index (χ0) is 19.2. The number of hydrogen-bond acceptors (Lipinski definition) is 3. The second-order valence-electron chi connectivity index (χ2n) is 8.00. The molecule has 0 aromatic heterocycles. The minimum Gasteiger partial charge on any atom is -0.444 e. The molecule has 1 aliphatic heterocycles. The van der Waals surface area contributed by atoms with E-state index in [-0.39, 0.29) is 6.04 Å². The number of carbonyl (C=O) groups is 1. The zero-order valence-electron chi connectivity index (χ0n) is 16.4. The van der Waals surface area contributed by atoms with Crippen LogP contribution < -0.4 is 11.1 Å². The molecule has 1 heterocycles. The number of likely N-dealkylation sites (tertiary alicyclic amines) is 1. The molecule has 6 heteroatoms. The van der Waals surface area contributed by atoms with Gasteiger partial charge in [-0.05, 0) is 45.1 Å². The monoisotopic (exact) mass is 360 g/mol. The largest absolute Gasteiger partial charge is 0.444 e. The number of hydrogen-bond donors (Lipinski definition) is 2. The third kappa shape index (κ3) is 6.58. The summed E-state index contributed by atoms with van der Waals surface area (Å²) in [6.07, 6.45) is 1.92. The van der Waals surface area contributed by atoms with E-state index in [1.807, 2.05) is 51.1 Å². The van der Waals surface area contributed by atoms with Crippen LogP contribution in [0.25, 0.3) is 0 Å². The Morgan fingerprint density at radius 1 is 1.38 bits per heavy atom. The first-order chi connectivity index (χ1) is 12.2. The smallest absolute Gasteiger partial charge is 0.408 e. The summed E-state index contributed by atoms with van der Waals surface area (Å²) in [7, 11) is 0. The number of amides is 1. The van der Waals surface area contributed by atoms with E-state index in [4.69, 9.17) is 10.5 Å². The van der Waals surface area contributed by atoms with Gasteiger partial charge in [-0.3, -0.25) is 4.99 Å². The SMILES string of the molecule is CC1CCCN(C(N)=NCC(NC(=O)OC(C)(C)C)c2ccccc2)C1. The number of alkyl carbamates (subject to hydrolysis) is 1. The van der Waals surface area contributed by atoms with Gasteiger partial charge in [-0.2, -0.15) is 0 Å². The maximum atomic E-state index is 12.2. The van der Waals surface area contributed by atoms with Crippen LogP contribution in [0, 0.1) is 5.92 Å². The van der Waals surface area contributed by atoms with Crippen LogP contribution in [0.5, 0.6) is 0 Å². The molecule has 2 unspecified atom stereocenters. The Morgan fingerprint density at radius 3 is 2.69 bits per heavy atom. The molecular formula is C20H32N4O2. The standard InChI is InChI=1S/C20H32N4O2/c1-15-9-8-12-24(14-15)18(21)22-13-17(16-10-6-5-7-11-16)23-19(25)26-20(2,3)4/h5-7,10-11,15,17H,8-9,12-14H2,1-4H3,(H2,21,22)(H,23,25). The lowest BCUT2D eigenvalue weighted by molar-refractivity contribution is 0.0505. The number of benzene rings is 1. The first-order valence-electron chi connectivity index (χ1n) is 9.34. The number of nitrogens with two attached hydrogens (primary N) is 1. The first kappa shape index (κ1) is 20.1. The van der Waals surface area contributed by atoms with Crippen LogP contribution in [0.4, 0.5) is 4.79 Å². The third-order valence-corrected chi connectivity index (χ3v) is 4.31. The molecule has 1 fully saturated rings. The van der Waals surface area contributed by atoms with Crippen molar-refractivity contribution in [1.82, 2.24) is 10.2 Å². The van der Waals surface area contributed by atoms with Crippen molar-refractivity contribution < 1.29 is 9.53 Å². The van der Waals surface area contributed by atoms with Gasteiger partial charge in [0.1, 0.15) is 5.60 Å². The molecule has 1 aromatic rings. The van der Waals surface area contributed by atoms with Gasteiger partial charge < -0.3 is 20.7 Å². The van der Waals surface area contributed by atoms with Gasteiger partial charge in [-0.1, -0.05) is 37.3 Å². The Hall–Kier alpha value is -2.24. The van der Waals surface area contributed by atoms with Gasteiger partial charge in [0.2, 0.25) is 0 Å². The van der Waals surface area contributed by atoms with Crippen LogP contribution in [-0.2, 0) is 4.74 Å². The summed E-state index contributed by atoms with van der Waals surface area (Å²) in [5.74, 6) is 1.17. The van der Waals surface area contributed by atoms with Crippen molar-refractivity contribution in [3.05, 3.63) is 35.9 Å². The van der Waals surface area contributed by atoms with E-state index < -0.39 is 11.7 Å². The Labute approximate surface area is 156 Å². The lowest BCUT2D eigenvalue weighted by Gasteiger charge is -2.32. The Morgan fingerprint density at radius 2 is 2.08 bits per heavy atom. The van der Waals surface area contributed by atoms with Crippen molar-refractivity contribution in [1.29, 1.82) is 0 Å². The van der Waals surface area contributed by atoms with Gasteiger partial charge in [0.15, 0.2) is 5.96 Å². The summed E-state index contributed by atoms with van der Waals surface area (Å²) >= 11 is 0. The average Bonchev–Trinajstić information content (AvgIpc) is 2.57. The summed E-state index contributed by atoms with van der Waals surface area (Å²) in [5.41, 5.74) is 6.63. The predicted octanol–water partition coefficient (Wildman–Crippen LogP) is 3.30. The van der Waals surface area contributed by atoms with E-state index in [2.05, 4.69) is 22.1 Å². The normalized spacial score (nSPS) is 19.8. The highest BCUT2D eigenvalue weighted by molar-refractivity contribution is 5.78. The summed E-state index contributed by atoms with van der Waals surface area (Å²) in [5, 5.41) is 2.91. The molecule has 1 aromatic carbocycles. The Bertz CT molecular complexity index is 610. The van der Waals surface area contributed by atoms with Gasteiger partial charge in [-0.15, -0.1) is 0 Å². The van der Waals surface area contributed by atoms with Crippen molar-refractivity contribution in [2.24, 2.45) is 16.6 Å². The predicted molar refractivity (Wildman–Crippen MR) is 105 cm³/mol. The molecule has 144 valence electrons. The minimum absolute atomic E-state index is 0.285. The zero-order valence-corrected chi connectivity index (χ0v) is 16.4. The van der Waals surface area contributed by atoms with Crippen molar-refractivity contribution in [3.8, 4) is 0 Å². The van der Waals surface area contributed by atoms with Crippen molar-refractivity contribution in [2.75, 3.05) is 19.6 Å². The maximum Gasteiger partial charge on any atom is 0.408 e. The Kier molecular flexibility index (Phi) is 6.89. The fraction of sp³-hybridized carbons (Fsp3) is 0.600. The molecule has 26 heavy (non-hydrogen) atoms. The second kappa shape index (κ2) is 8.92. The molecule has 0 saturated carbocycles. The van der Waals surface area contributed by atoms with Crippen molar-refractivity contribution in [2.45, 2.75) is 52.2 Å². The summed E-state index contributed by atoms with van der Waals surface area (Å²) in [4.78, 5) is 18.9. The summed E-state index contributed by atoms with van der Waals surface area (Å²) in [6, 6.07) is 9.48. The highest BCUT2D eigenvalue weighted by Gasteiger charge is 2.22. The van der Waals surface area contributed by atoms with Crippen LogP contribution >= 0.6 is 0 Å². The van der Waals surface area contributed by atoms with Crippen molar-refractivity contribution in [3.63, 3.8) is 0 Å². The molecule has 0 bridgehead atoms. The van der Waals surface area contributed by atoms with Gasteiger partial charge in [0.05, 0.1) is 12.6 Å². The van der Waals surface area contributed by atoms with E-state index in [0.717, 1.165) is 25.1 Å². The fourth-order valence-electron chi connectivity index (χ4n) is 3.05. The second-order valence-corrected chi connectivity index (χ2v) is 8.00. The molecule has 6 nitrogen and oxygen atoms in total. The molecule has 1 aliphatic rings. The molecule has 1 amide bonds. The summed E-state index contributed by atoms with van der Waals surface area (Å²) < 4.78 is 5.39. The number of rotatable bonds is 4. The molecular weight excluding hydrogens is 328 g/mol. The fourth-order valence-corrected chi connectivity index (χ4v) is 3.05. The number of ether oxygens (including phenoxy) is 1. The van der Waals surface area contributed by atoms with Crippen LogP contribution in [0.3, 0.4) is 0 Å². The van der Waals surface area contributed by atoms with Crippen LogP contribution in [0.2, 0.25) is 0 Å². The molecule has 3 N–H and O–H groups in total. The lowest BCUT2D eigenvalue weighted by atomic mass is 10.0. The highest BCUT2D eigenvalue weighted by atomic mass is 16.6. The first-order valence-corrected chi connectivity index (χ1v) is 9.34. The topological polar surface area (TPSA) is 80.0 Å². The van der Waals surface area contributed by atoms with Gasteiger partial charge in [0, 0.05) is 13.1 Å². The molecule has 2 atom stereocenters.